The van der Waals surface area contributed by atoms with Crippen LogP contribution in [0.3, 0.4) is 0 Å². The Morgan fingerprint density at radius 2 is 2.06 bits per heavy atom. The van der Waals surface area contributed by atoms with Crippen molar-refractivity contribution in [3.8, 4) is 10.4 Å². The molecular formula is C13H13NO2S. The Kier molecular flexibility index (Phi) is 3.24. The molecule has 0 saturated heterocycles. The van der Waals surface area contributed by atoms with Crippen molar-refractivity contribution in [2.24, 2.45) is 0 Å². The monoisotopic (exact) mass is 247 g/mol. The molecule has 17 heavy (non-hydrogen) atoms. The van der Waals surface area contributed by atoms with Crippen LogP contribution in [0.25, 0.3) is 10.4 Å². The molecule has 0 N–H and O–H groups in total. The minimum Gasteiger partial charge on any atom is -0.464 e. The van der Waals surface area contributed by atoms with Gasteiger partial charge in [-0.3, -0.25) is 0 Å². The molecule has 0 aliphatic rings. The molecule has 4 heteroatoms. The summed E-state index contributed by atoms with van der Waals surface area (Å²) >= 11 is 1.45. The summed E-state index contributed by atoms with van der Waals surface area (Å²) in [7, 11) is 1.37. The van der Waals surface area contributed by atoms with Crippen molar-refractivity contribution in [1.29, 1.82) is 0 Å². The number of thiazole rings is 1. The van der Waals surface area contributed by atoms with E-state index in [0.29, 0.717) is 5.69 Å². The fraction of sp³-hybridized carbons (Fsp3) is 0.231. The van der Waals surface area contributed by atoms with Gasteiger partial charge in [0.25, 0.3) is 0 Å². The highest BCUT2D eigenvalue weighted by atomic mass is 32.1. The molecule has 0 atom stereocenters. The summed E-state index contributed by atoms with van der Waals surface area (Å²) in [6.45, 7) is 4.12. The first-order valence-corrected chi connectivity index (χ1v) is 6.11. The maximum Gasteiger partial charge on any atom is 0.358 e. The van der Waals surface area contributed by atoms with Crippen molar-refractivity contribution in [3.63, 3.8) is 0 Å². The van der Waals surface area contributed by atoms with Crippen LogP contribution >= 0.6 is 11.3 Å². The Morgan fingerprint density at radius 3 is 2.71 bits per heavy atom. The Morgan fingerprint density at radius 1 is 1.29 bits per heavy atom. The van der Waals surface area contributed by atoms with Gasteiger partial charge in [-0.05, 0) is 30.5 Å². The average molecular weight is 247 g/mol. The van der Waals surface area contributed by atoms with Crippen LogP contribution in [0.1, 0.15) is 21.6 Å². The summed E-state index contributed by atoms with van der Waals surface area (Å²) in [6.07, 6.45) is 0. The molecule has 1 aromatic carbocycles. The maximum atomic E-state index is 11.5. The van der Waals surface area contributed by atoms with Gasteiger partial charge < -0.3 is 4.74 Å². The van der Waals surface area contributed by atoms with Crippen molar-refractivity contribution in [2.45, 2.75) is 13.8 Å². The average Bonchev–Trinajstić information content (AvgIpc) is 2.80. The molecule has 0 radical (unpaired) electrons. The molecule has 0 bridgehead atoms. The van der Waals surface area contributed by atoms with Crippen LogP contribution in [-0.4, -0.2) is 18.1 Å². The van der Waals surface area contributed by atoms with Crippen LogP contribution in [0.2, 0.25) is 0 Å². The quantitative estimate of drug-likeness (QED) is 0.765. The van der Waals surface area contributed by atoms with E-state index in [9.17, 15) is 4.79 Å². The number of benzene rings is 1. The minimum atomic E-state index is -0.389. The van der Waals surface area contributed by atoms with Crippen molar-refractivity contribution in [1.82, 2.24) is 4.98 Å². The van der Waals surface area contributed by atoms with Crippen LogP contribution in [-0.2, 0) is 4.74 Å². The molecule has 0 fully saturated rings. The van der Waals surface area contributed by atoms with E-state index in [4.69, 9.17) is 4.74 Å². The second-order valence-corrected chi connectivity index (χ2v) is 4.68. The molecular weight excluding hydrogens is 234 g/mol. The molecule has 2 aromatic rings. The van der Waals surface area contributed by atoms with Crippen LogP contribution in [0.4, 0.5) is 0 Å². The predicted octanol–water partition coefficient (Wildman–Crippen LogP) is 3.21. The lowest BCUT2D eigenvalue weighted by atomic mass is 10.0. The first-order chi connectivity index (χ1) is 8.13. The van der Waals surface area contributed by atoms with Crippen molar-refractivity contribution in [3.05, 3.63) is 40.5 Å². The molecule has 0 spiro atoms. The predicted molar refractivity (Wildman–Crippen MR) is 68.4 cm³/mol. The number of methoxy groups -OCH3 is 1. The standard InChI is InChI=1S/C13H13NO2S/c1-8-4-5-10(6-9(8)2)12-11(13(15)16-3)14-7-17-12/h4-7H,1-3H3. The molecule has 1 heterocycles. The third-order valence-corrected chi connectivity index (χ3v) is 3.59. The number of carbonyl (C=O) groups excluding carboxylic acids is 1. The Hall–Kier alpha value is -1.68. The molecule has 0 unspecified atom stereocenters. The van der Waals surface area contributed by atoms with Gasteiger partial charge in [0.15, 0.2) is 5.69 Å². The first kappa shape index (κ1) is 11.8. The Balaban J connectivity index is 2.50. The van der Waals surface area contributed by atoms with Gasteiger partial charge in [-0.25, -0.2) is 9.78 Å². The summed E-state index contributed by atoms with van der Waals surface area (Å²) in [5, 5.41) is 0. The number of rotatable bonds is 2. The Labute approximate surface area is 104 Å². The van der Waals surface area contributed by atoms with E-state index in [1.54, 1.807) is 5.51 Å². The van der Waals surface area contributed by atoms with Crippen LogP contribution < -0.4 is 0 Å². The van der Waals surface area contributed by atoms with Gasteiger partial charge in [0.1, 0.15) is 0 Å². The largest absolute Gasteiger partial charge is 0.464 e. The molecule has 3 nitrogen and oxygen atoms in total. The zero-order valence-electron chi connectivity index (χ0n) is 9.98. The fourth-order valence-electron chi connectivity index (χ4n) is 1.58. The maximum absolute atomic E-state index is 11.5. The zero-order chi connectivity index (χ0) is 12.4. The topological polar surface area (TPSA) is 39.2 Å². The lowest BCUT2D eigenvalue weighted by Gasteiger charge is -2.04. The second kappa shape index (κ2) is 4.67. The number of ether oxygens (including phenoxy) is 1. The van der Waals surface area contributed by atoms with Gasteiger partial charge in [-0.15, -0.1) is 11.3 Å². The zero-order valence-corrected chi connectivity index (χ0v) is 10.8. The second-order valence-electron chi connectivity index (χ2n) is 3.82. The fourth-order valence-corrected chi connectivity index (χ4v) is 2.35. The highest BCUT2D eigenvalue weighted by Crippen LogP contribution is 2.29. The lowest BCUT2D eigenvalue weighted by molar-refractivity contribution is 0.0596. The third kappa shape index (κ3) is 2.22. The number of aryl methyl sites for hydroxylation is 2. The first-order valence-electron chi connectivity index (χ1n) is 5.23. The highest BCUT2D eigenvalue weighted by molar-refractivity contribution is 7.13. The van der Waals surface area contributed by atoms with Crippen LogP contribution in [0.5, 0.6) is 0 Å². The minimum absolute atomic E-state index is 0.389. The van der Waals surface area contributed by atoms with Crippen molar-refractivity contribution in [2.75, 3.05) is 7.11 Å². The number of hydrogen-bond acceptors (Lipinski definition) is 4. The summed E-state index contributed by atoms with van der Waals surface area (Å²) in [5.41, 5.74) is 5.50. The SMILES string of the molecule is COC(=O)c1ncsc1-c1ccc(C)c(C)c1. The number of hydrogen-bond donors (Lipinski definition) is 0. The summed E-state index contributed by atoms with van der Waals surface area (Å²) in [6, 6.07) is 6.11. The number of esters is 1. The molecule has 2 rings (SSSR count). The van der Waals surface area contributed by atoms with Crippen molar-refractivity contribution < 1.29 is 9.53 Å². The van der Waals surface area contributed by atoms with Crippen molar-refractivity contribution >= 4 is 17.3 Å². The smallest absolute Gasteiger partial charge is 0.358 e. The lowest BCUT2D eigenvalue weighted by Crippen LogP contribution is -2.03. The van der Waals surface area contributed by atoms with Crippen LogP contribution in [0, 0.1) is 13.8 Å². The summed E-state index contributed by atoms with van der Waals surface area (Å²) in [4.78, 5) is 16.5. The van der Waals surface area contributed by atoms with E-state index < -0.39 is 0 Å². The van der Waals surface area contributed by atoms with Gasteiger partial charge in [-0.2, -0.15) is 0 Å². The van der Waals surface area contributed by atoms with E-state index in [-0.39, 0.29) is 5.97 Å². The normalized spacial score (nSPS) is 10.3. The third-order valence-electron chi connectivity index (χ3n) is 2.72. The van der Waals surface area contributed by atoms with Gasteiger partial charge in [-0.1, -0.05) is 18.2 Å². The summed E-state index contributed by atoms with van der Waals surface area (Å²) < 4.78 is 4.72. The summed E-state index contributed by atoms with van der Waals surface area (Å²) in [5.74, 6) is -0.389. The van der Waals surface area contributed by atoms with Crippen LogP contribution in [0.15, 0.2) is 23.7 Å². The highest BCUT2D eigenvalue weighted by Gasteiger charge is 2.16. The van der Waals surface area contributed by atoms with Gasteiger partial charge >= 0.3 is 5.97 Å². The van der Waals surface area contributed by atoms with E-state index in [0.717, 1.165) is 10.4 Å². The van der Waals surface area contributed by atoms with E-state index in [1.165, 1.54) is 29.6 Å². The van der Waals surface area contributed by atoms with E-state index in [1.807, 2.05) is 12.1 Å². The molecule has 0 saturated carbocycles. The van der Waals surface area contributed by atoms with Gasteiger partial charge in [0.2, 0.25) is 0 Å². The molecule has 0 aliphatic carbocycles. The van der Waals surface area contributed by atoms with Gasteiger partial charge in [0.05, 0.1) is 17.5 Å². The number of carbonyl (C=O) groups is 1. The number of nitrogens with zero attached hydrogens (tertiary/aromatic N) is 1. The molecule has 88 valence electrons. The molecule has 0 amide bonds. The van der Waals surface area contributed by atoms with E-state index in [2.05, 4.69) is 24.9 Å². The van der Waals surface area contributed by atoms with Gasteiger partial charge in [0, 0.05) is 0 Å². The van der Waals surface area contributed by atoms with E-state index >= 15 is 0 Å². The number of aromatic nitrogens is 1. The molecule has 1 aromatic heterocycles. The molecule has 0 aliphatic heterocycles. The Bertz CT molecular complexity index is 560.